The van der Waals surface area contributed by atoms with E-state index >= 15 is 0 Å². The molecule has 0 aliphatic carbocycles. The van der Waals surface area contributed by atoms with Gasteiger partial charge in [-0.05, 0) is 6.08 Å². The summed E-state index contributed by atoms with van der Waals surface area (Å²) >= 11 is 0. The summed E-state index contributed by atoms with van der Waals surface area (Å²) in [5.41, 5.74) is -0.792. The summed E-state index contributed by atoms with van der Waals surface area (Å²) in [4.78, 5) is 57.8. The van der Waals surface area contributed by atoms with Crippen LogP contribution in [0.25, 0.3) is 17.2 Å². The number of fused-ring (bicyclic) bond motifs is 1. The summed E-state index contributed by atoms with van der Waals surface area (Å²) in [6, 6.07) is 0. The topological polar surface area (TPSA) is 190 Å². The average Bonchev–Trinajstić information content (AvgIpc) is 2.96. The molecule has 134 valence electrons. The zero-order chi connectivity index (χ0) is 19.3. The minimum atomic E-state index is -1.30. The van der Waals surface area contributed by atoms with Gasteiger partial charge >= 0.3 is 17.9 Å². The molecule has 0 unspecified atom stereocenters. The minimum absolute atomic E-state index is 0.0387. The highest BCUT2D eigenvalue weighted by molar-refractivity contribution is 5.85. The number of aromatic amines is 2. The number of aliphatic carboxylic acids is 3. The number of imidazole rings is 1. The number of H-pyrrole nitrogens is 2. The molecule has 0 saturated carbocycles. The van der Waals surface area contributed by atoms with Gasteiger partial charge in [-0.3, -0.25) is 14.7 Å². The lowest BCUT2D eigenvalue weighted by atomic mass is 10.5. The van der Waals surface area contributed by atoms with E-state index in [4.69, 9.17) is 15.3 Å². The predicted octanol–water partition coefficient (Wildman–Crippen LogP) is -0.253. The Hall–Kier alpha value is -4.22. The molecule has 0 radical (unpaired) electrons. The largest absolute Gasteiger partial charge is 0.478 e. The molecule has 2 aromatic heterocycles. The molecular formula is C14H11N5O7. The van der Waals surface area contributed by atoms with Crippen LogP contribution in [0.2, 0.25) is 0 Å². The van der Waals surface area contributed by atoms with E-state index in [2.05, 4.69) is 19.9 Å². The standard InChI is InChI=1S/C14H11N5O7/c20-8(21)2-1-7-15-11-12(16-7)17-14(18-13(11)26)19(5-3-9(22)23)6-4-10(24)25/h1-6H,(H,20,21)(H,22,23)(H,24,25)(H2,15,16,17,18,26). The maximum absolute atomic E-state index is 12.1. The van der Waals surface area contributed by atoms with Gasteiger partial charge in [-0.15, -0.1) is 0 Å². The summed E-state index contributed by atoms with van der Waals surface area (Å²) in [5.74, 6) is -3.95. The van der Waals surface area contributed by atoms with E-state index in [0.717, 1.165) is 29.5 Å². The first-order chi connectivity index (χ1) is 12.3. The van der Waals surface area contributed by atoms with Crippen LogP contribution in [0.15, 0.2) is 35.4 Å². The monoisotopic (exact) mass is 361 g/mol. The van der Waals surface area contributed by atoms with E-state index in [0.29, 0.717) is 12.2 Å². The van der Waals surface area contributed by atoms with Gasteiger partial charge in [0.05, 0.1) is 0 Å². The smallest absolute Gasteiger partial charge is 0.329 e. The first-order valence-corrected chi connectivity index (χ1v) is 6.78. The van der Waals surface area contributed by atoms with Gasteiger partial charge in [0.15, 0.2) is 11.2 Å². The number of aromatic nitrogens is 4. The molecule has 0 saturated heterocycles. The Morgan fingerprint density at radius 2 is 1.46 bits per heavy atom. The number of hydrogen-bond donors (Lipinski definition) is 5. The van der Waals surface area contributed by atoms with E-state index in [9.17, 15) is 19.2 Å². The number of anilines is 1. The van der Waals surface area contributed by atoms with Gasteiger partial charge in [0.25, 0.3) is 5.56 Å². The van der Waals surface area contributed by atoms with Crippen molar-refractivity contribution in [2.24, 2.45) is 0 Å². The van der Waals surface area contributed by atoms with Crippen LogP contribution < -0.4 is 10.5 Å². The molecule has 0 aliphatic rings. The molecule has 0 spiro atoms. The molecule has 26 heavy (non-hydrogen) atoms. The van der Waals surface area contributed by atoms with Crippen molar-refractivity contribution >= 4 is 41.1 Å². The van der Waals surface area contributed by atoms with E-state index in [1.54, 1.807) is 0 Å². The van der Waals surface area contributed by atoms with Gasteiger partial charge in [0.1, 0.15) is 5.82 Å². The van der Waals surface area contributed by atoms with Gasteiger partial charge in [-0.2, -0.15) is 4.98 Å². The van der Waals surface area contributed by atoms with Gasteiger partial charge in [-0.25, -0.2) is 19.4 Å². The molecule has 0 atom stereocenters. The van der Waals surface area contributed by atoms with Crippen LogP contribution in [-0.4, -0.2) is 53.2 Å². The van der Waals surface area contributed by atoms with Crippen molar-refractivity contribution in [3.63, 3.8) is 0 Å². The van der Waals surface area contributed by atoms with Gasteiger partial charge in [0.2, 0.25) is 5.95 Å². The molecule has 5 N–H and O–H groups in total. The highest BCUT2D eigenvalue weighted by Gasteiger charge is 2.12. The van der Waals surface area contributed by atoms with Crippen LogP contribution in [0.4, 0.5) is 5.95 Å². The van der Waals surface area contributed by atoms with Crippen molar-refractivity contribution in [2.45, 2.75) is 0 Å². The third-order valence-corrected chi connectivity index (χ3v) is 2.75. The van der Waals surface area contributed by atoms with E-state index in [1.165, 1.54) is 0 Å². The highest BCUT2D eigenvalue weighted by atomic mass is 16.4. The number of carboxylic acids is 3. The van der Waals surface area contributed by atoms with Crippen LogP contribution in [-0.2, 0) is 14.4 Å². The van der Waals surface area contributed by atoms with Crippen LogP contribution in [0.1, 0.15) is 5.82 Å². The minimum Gasteiger partial charge on any atom is -0.478 e. The maximum Gasteiger partial charge on any atom is 0.329 e. The number of carbonyl (C=O) groups is 3. The molecule has 0 aromatic carbocycles. The normalized spacial score (nSPS) is 11.7. The third-order valence-electron chi connectivity index (χ3n) is 2.75. The van der Waals surface area contributed by atoms with E-state index in [1.807, 2.05) is 0 Å². The number of nitrogens with zero attached hydrogens (tertiary/aromatic N) is 3. The van der Waals surface area contributed by atoms with Crippen LogP contribution in [0.3, 0.4) is 0 Å². The number of carboxylic acid groups (broad SMARTS) is 3. The number of rotatable bonds is 7. The number of hydrogen-bond acceptors (Lipinski definition) is 7. The Balaban J connectivity index is 2.51. The summed E-state index contributed by atoms with van der Waals surface area (Å²) < 4.78 is 0. The first kappa shape index (κ1) is 18.1. The fourth-order valence-corrected chi connectivity index (χ4v) is 1.74. The SMILES string of the molecule is O=C(O)C=Cc1nc2nc(N(C=CC(=O)O)C=CC(=O)O)[nH]c(=O)c2[nH]1. The van der Waals surface area contributed by atoms with E-state index < -0.39 is 23.5 Å². The Kier molecular flexibility index (Phi) is 5.27. The second-order valence-corrected chi connectivity index (χ2v) is 4.60. The number of nitrogens with one attached hydrogen (secondary N) is 2. The predicted molar refractivity (Wildman–Crippen MR) is 87.2 cm³/mol. The van der Waals surface area contributed by atoms with Crippen molar-refractivity contribution in [1.29, 1.82) is 0 Å². The summed E-state index contributed by atoms with van der Waals surface area (Å²) in [5, 5.41) is 26.0. The summed E-state index contributed by atoms with van der Waals surface area (Å²) in [6.45, 7) is 0. The Morgan fingerprint density at radius 1 is 0.885 bits per heavy atom. The zero-order valence-corrected chi connectivity index (χ0v) is 12.8. The van der Waals surface area contributed by atoms with Crippen molar-refractivity contribution in [1.82, 2.24) is 19.9 Å². The molecular weight excluding hydrogens is 350 g/mol. The van der Waals surface area contributed by atoms with Crippen molar-refractivity contribution < 1.29 is 29.7 Å². The Labute approximate surface area is 143 Å². The molecule has 0 fully saturated rings. The Bertz CT molecular complexity index is 990. The van der Waals surface area contributed by atoms with Crippen molar-refractivity contribution in [3.8, 4) is 0 Å². The fourth-order valence-electron chi connectivity index (χ4n) is 1.74. The molecule has 12 heteroatoms. The van der Waals surface area contributed by atoms with E-state index in [-0.39, 0.29) is 22.9 Å². The van der Waals surface area contributed by atoms with Gasteiger partial charge in [0, 0.05) is 30.6 Å². The van der Waals surface area contributed by atoms with Crippen LogP contribution in [0, 0.1) is 0 Å². The van der Waals surface area contributed by atoms with Gasteiger partial charge in [-0.1, -0.05) is 0 Å². The quantitative estimate of drug-likeness (QED) is 0.411. The maximum atomic E-state index is 12.1. The van der Waals surface area contributed by atoms with Crippen molar-refractivity contribution in [2.75, 3.05) is 4.90 Å². The lowest BCUT2D eigenvalue weighted by molar-refractivity contribution is -0.132. The molecule has 2 heterocycles. The van der Waals surface area contributed by atoms with Crippen LogP contribution in [0.5, 0.6) is 0 Å². The Morgan fingerprint density at radius 3 is 2.00 bits per heavy atom. The molecule has 0 amide bonds. The molecule has 0 bridgehead atoms. The second kappa shape index (κ2) is 7.57. The fraction of sp³-hybridized carbons (Fsp3) is 0. The lowest BCUT2D eigenvalue weighted by Gasteiger charge is -2.12. The van der Waals surface area contributed by atoms with Gasteiger partial charge < -0.3 is 20.3 Å². The zero-order valence-electron chi connectivity index (χ0n) is 12.8. The summed E-state index contributed by atoms with van der Waals surface area (Å²) in [6.07, 6.45) is 5.30. The first-order valence-electron chi connectivity index (χ1n) is 6.78. The summed E-state index contributed by atoms with van der Waals surface area (Å²) in [7, 11) is 0. The third kappa shape index (κ3) is 4.64. The molecule has 2 aromatic rings. The molecule has 12 nitrogen and oxygen atoms in total. The highest BCUT2D eigenvalue weighted by Crippen LogP contribution is 2.12. The average molecular weight is 361 g/mol. The molecule has 0 aliphatic heterocycles. The van der Waals surface area contributed by atoms with Crippen LogP contribution >= 0.6 is 0 Å². The lowest BCUT2D eigenvalue weighted by Crippen LogP contribution is -2.18. The van der Waals surface area contributed by atoms with Crippen molar-refractivity contribution in [3.05, 3.63) is 46.8 Å². The second-order valence-electron chi connectivity index (χ2n) is 4.60. The molecule has 2 rings (SSSR count).